The van der Waals surface area contributed by atoms with Gasteiger partial charge in [-0.15, -0.1) is 0 Å². The molecule has 0 radical (unpaired) electrons. The second-order valence-corrected chi connectivity index (χ2v) is 5.82. The Bertz CT molecular complexity index is 769. The molecule has 0 unspecified atom stereocenters. The maximum Gasteiger partial charge on any atom is 0.266 e. The molecule has 1 amide bonds. The van der Waals surface area contributed by atoms with Gasteiger partial charge in [-0.25, -0.2) is 12.8 Å². The molecule has 2 aromatic carbocycles. The van der Waals surface area contributed by atoms with Gasteiger partial charge in [-0.2, -0.15) is 0 Å². The molecule has 0 heterocycles. The number of halogens is 1. The lowest BCUT2D eigenvalue weighted by Gasteiger charge is -2.11. The number of benzene rings is 2. The molecular formula is C13H12FN3O3S. The van der Waals surface area contributed by atoms with Crippen LogP contribution in [0.2, 0.25) is 0 Å². The molecule has 0 fully saturated rings. The number of rotatable bonds is 4. The number of nitrogens with one attached hydrogen (secondary N) is 1. The van der Waals surface area contributed by atoms with Crippen LogP contribution in [0.5, 0.6) is 0 Å². The van der Waals surface area contributed by atoms with E-state index < -0.39 is 26.6 Å². The number of anilines is 2. The van der Waals surface area contributed by atoms with Crippen molar-refractivity contribution < 1.29 is 17.6 Å². The normalized spacial score (nSPS) is 11.1. The highest BCUT2D eigenvalue weighted by Crippen LogP contribution is 2.24. The lowest BCUT2D eigenvalue weighted by molar-refractivity contribution is 0.100. The van der Waals surface area contributed by atoms with Crippen molar-refractivity contribution >= 4 is 27.3 Å². The number of amides is 1. The van der Waals surface area contributed by atoms with Gasteiger partial charge in [0.2, 0.25) is 5.91 Å². The zero-order valence-electron chi connectivity index (χ0n) is 10.7. The van der Waals surface area contributed by atoms with Crippen LogP contribution in [-0.2, 0) is 10.0 Å². The Morgan fingerprint density at radius 3 is 2.24 bits per heavy atom. The molecule has 110 valence electrons. The van der Waals surface area contributed by atoms with E-state index in [2.05, 4.69) is 4.72 Å². The number of hydrogen-bond acceptors (Lipinski definition) is 4. The van der Waals surface area contributed by atoms with Crippen LogP contribution in [0.25, 0.3) is 0 Å². The van der Waals surface area contributed by atoms with Crippen molar-refractivity contribution in [3.05, 3.63) is 53.8 Å². The van der Waals surface area contributed by atoms with E-state index in [0.29, 0.717) is 0 Å². The fraction of sp³-hybridized carbons (Fsp3) is 0. The van der Waals surface area contributed by atoms with Crippen LogP contribution in [0.1, 0.15) is 10.4 Å². The molecule has 8 heteroatoms. The van der Waals surface area contributed by atoms with Gasteiger partial charge in [0.25, 0.3) is 10.0 Å². The molecule has 0 bridgehead atoms. The Morgan fingerprint density at radius 1 is 1.10 bits per heavy atom. The van der Waals surface area contributed by atoms with Gasteiger partial charge in [0.15, 0.2) is 0 Å². The standard InChI is InChI=1S/C13H12FN3O3S/c14-10-2-1-3-11(15)12(10)21(19,20)17-9-6-4-8(5-7-9)13(16)18/h1-7,17H,15H2,(H2,16,18). The van der Waals surface area contributed by atoms with E-state index in [0.717, 1.165) is 6.07 Å². The van der Waals surface area contributed by atoms with E-state index >= 15 is 0 Å². The molecule has 0 aliphatic rings. The van der Waals surface area contributed by atoms with Gasteiger partial charge < -0.3 is 11.5 Å². The third-order valence-corrected chi connectivity index (χ3v) is 4.16. The fourth-order valence-electron chi connectivity index (χ4n) is 1.72. The van der Waals surface area contributed by atoms with Crippen LogP contribution in [-0.4, -0.2) is 14.3 Å². The monoisotopic (exact) mass is 309 g/mol. The molecule has 21 heavy (non-hydrogen) atoms. The third kappa shape index (κ3) is 3.11. The van der Waals surface area contributed by atoms with Crippen LogP contribution >= 0.6 is 0 Å². The van der Waals surface area contributed by atoms with Gasteiger partial charge in [0.05, 0.1) is 5.69 Å². The summed E-state index contributed by atoms with van der Waals surface area (Å²) in [6.07, 6.45) is 0. The average Bonchev–Trinajstić information content (AvgIpc) is 2.38. The predicted octanol–water partition coefficient (Wildman–Crippen LogP) is 1.31. The Labute approximate surface area is 120 Å². The van der Waals surface area contributed by atoms with E-state index in [1.54, 1.807) is 0 Å². The molecule has 5 N–H and O–H groups in total. The zero-order chi connectivity index (χ0) is 15.6. The van der Waals surface area contributed by atoms with Crippen molar-refractivity contribution in [2.75, 3.05) is 10.5 Å². The number of primary amides is 1. The fourth-order valence-corrected chi connectivity index (χ4v) is 2.97. The van der Waals surface area contributed by atoms with Crippen molar-refractivity contribution in [2.24, 2.45) is 5.73 Å². The largest absolute Gasteiger partial charge is 0.398 e. The van der Waals surface area contributed by atoms with Crippen molar-refractivity contribution in [3.8, 4) is 0 Å². The first kappa shape index (κ1) is 14.8. The summed E-state index contributed by atoms with van der Waals surface area (Å²) < 4.78 is 40.1. The molecule has 2 rings (SSSR count). The molecule has 0 saturated heterocycles. The molecule has 0 aromatic heterocycles. The predicted molar refractivity (Wildman–Crippen MR) is 76.6 cm³/mol. The Morgan fingerprint density at radius 2 is 1.71 bits per heavy atom. The minimum Gasteiger partial charge on any atom is -0.398 e. The summed E-state index contributed by atoms with van der Waals surface area (Å²) >= 11 is 0. The van der Waals surface area contributed by atoms with Crippen LogP contribution in [0, 0.1) is 5.82 Å². The lowest BCUT2D eigenvalue weighted by atomic mass is 10.2. The molecule has 2 aromatic rings. The van der Waals surface area contributed by atoms with Gasteiger partial charge in [-0.05, 0) is 36.4 Å². The first-order valence-electron chi connectivity index (χ1n) is 5.78. The maximum atomic E-state index is 13.7. The van der Waals surface area contributed by atoms with Crippen molar-refractivity contribution in [1.29, 1.82) is 0 Å². The summed E-state index contributed by atoms with van der Waals surface area (Å²) in [6, 6.07) is 8.99. The summed E-state index contributed by atoms with van der Waals surface area (Å²) in [4.78, 5) is 10.3. The van der Waals surface area contributed by atoms with Gasteiger partial charge in [-0.1, -0.05) is 6.07 Å². The average molecular weight is 309 g/mol. The van der Waals surface area contributed by atoms with Gasteiger partial charge in [-0.3, -0.25) is 9.52 Å². The topological polar surface area (TPSA) is 115 Å². The van der Waals surface area contributed by atoms with E-state index in [9.17, 15) is 17.6 Å². The van der Waals surface area contributed by atoms with Crippen LogP contribution in [0.4, 0.5) is 15.8 Å². The lowest BCUT2D eigenvalue weighted by Crippen LogP contribution is -2.17. The molecule has 0 atom stereocenters. The minimum atomic E-state index is -4.17. The van der Waals surface area contributed by atoms with Crippen molar-refractivity contribution in [1.82, 2.24) is 0 Å². The smallest absolute Gasteiger partial charge is 0.266 e. The molecular weight excluding hydrogens is 297 g/mol. The molecule has 0 saturated carbocycles. The van der Waals surface area contributed by atoms with E-state index in [4.69, 9.17) is 11.5 Å². The summed E-state index contributed by atoms with van der Waals surface area (Å²) in [5, 5.41) is 0. The summed E-state index contributed by atoms with van der Waals surface area (Å²) in [5.41, 5.74) is 10.8. The highest BCUT2D eigenvalue weighted by molar-refractivity contribution is 7.92. The molecule has 0 aliphatic carbocycles. The Kier molecular flexibility index (Phi) is 3.81. The van der Waals surface area contributed by atoms with Gasteiger partial charge >= 0.3 is 0 Å². The van der Waals surface area contributed by atoms with E-state index in [1.165, 1.54) is 36.4 Å². The summed E-state index contributed by atoms with van der Waals surface area (Å²) in [5.74, 6) is -1.58. The second-order valence-electron chi connectivity index (χ2n) is 4.21. The van der Waals surface area contributed by atoms with Gasteiger partial charge in [0.1, 0.15) is 10.7 Å². The number of carbonyl (C=O) groups is 1. The first-order chi connectivity index (χ1) is 9.81. The van der Waals surface area contributed by atoms with Crippen LogP contribution in [0.3, 0.4) is 0 Å². The Balaban J connectivity index is 2.35. The van der Waals surface area contributed by atoms with Crippen LogP contribution in [0.15, 0.2) is 47.4 Å². The summed E-state index contributed by atoms with van der Waals surface area (Å²) in [7, 11) is -4.17. The van der Waals surface area contributed by atoms with E-state index in [1.807, 2.05) is 0 Å². The maximum absolute atomic E-state index is 13.7. The molecule has 0 aliphatic heterocycles. The minimum absolute atomic E-state index is 0.155. The number of hydrogen-bond donors (Lipinski definition) is 3. The van der Waals surface area contributed by atoms with Crippen LogP contribution < -0.4 is 16.2 Å². The van der Waals surface area contributed by atoms with E-state index in [-0.39, 0.29) is 16.9 Å². The second kappa shape index (κ2) is 5.41. The molecule has 0 spiro atoms. The zero-order valence-corrected chi connectivity index (χ0v) is 11.5. The number of sulfonamides is 1. The summed E-state index contributed by atoms with van der Waals surface area (Å²) in [6.45, 7) is 0. The van der Waals surface area contributed by atoms with Gasteiger partial charge in [0, 0.05) is 11.3 Å². The Hall–Kier alpha value is -2.61. The highest BCUT2D eigenvalue weighted by Gasteiger charge is 2.22. The first-order valence-corrected chi connectivity index (χ1v) is 7.26. The quantitative estimate of drug-likeness (QED) is 0.738. The number of nitrogens with two attached hydrogens (primary N) is 2. The highest BCUT2D eigenvalue weighted by atomic mass is 32.2. The molecule has 6 nitrogen and oxygen atoms in total. The third-order valence-electron chi connectivity index (χ3n) is 2.69. The SMILES string of the molecule is NC(=O)c1ccc(NS(=O)(=O)c2c(N)cccc2F)cc1. The number of nitrogen functional groups attached to an aromatic ring is 1. The number of carbonyl (C=O) groups excluding carboxylic acids is 1. The van der Waals surface area contributed by atoms with Crippen molar-refractivity contribution in [2.45, 2.75) is 4.90 Å². The van der Waals surface area contributed by atoms with Crippen molar-refractivity contribution in [3.63, 3.8) is 0 Å².